The van der Waals surface area contributed by atoms with E-state index in [9.17, 15) is 0 Å². The van der Waals surface area contributed by atoms with Crippen LogP contribution in [0, 0.1) is 0 Å². The second-order valence-electron chi connectivity index (χ2n) is 5.40. The van der Waals surface area contributed by atoms with E-state index >= 15 is 0 Å². The van der Waals surface area contributed by atoms with Crippen molar-refractivity contribution in [2.45, 2.75) is 17.2 Å². The molecule has 2 heterocycles. The van der Waals surface area contributed by atoms with Crippen LogP contribution >= 0.6 is 11.8 Å². The smallest absolute Gasteiger partial charge is 0.237 e. The third-order valence-corrected chi connectivity index (χ3v) is 4.55. The van der Waals surface area contributed by atoms with E-state index < -0.39 is 0 Å². The summed E-state index contributed by atoms with van der Waals surface area (Å²) in [5, 5.41) is 6.15. The third-order valence-electron chi connectivity index (χ3n) is 3.63. The normalized spacial score (nSPS) is 11.0. The average Bonchev–Trinajstić information content (AvgIpc) is 3.08. The summed E-state index contributed by atoms with van der Waals surface area (Å²) in [6.45, 7) is 0. The molecule has 0 aliphatic rings. The van der Waals surface area contributed by atoms with Gasteiger partial charge in [0.25, 0.3) is 0 Å². The molecule has 0 aliphatic carbocycles. The van der Waals surface area contributed by atoms with Crippen LogP contribution in [0.1, 0.15) is 17.3 Å². The highest BCUT2D eigenvalue weighted by molar-refractivity contribution is 7.98. The van der Waals surface area contributed by atoms with Gasteiger partial charge < -0.3 is 4.52 Å². The maximum Gasteiger partial charge on any atom is 0.237 e. The molecule has 0 aliphatic heterocycles. The Kier molecular flexibility index (Phi) is 4.25. The first-order chi connectivity index (χ1) is 11.9. The van der Waals surface area contributed by atoms with E-state index in [-0.39, 0.29) is 0 Å². The predicted octanol–water partition coefficient (Wildman–Crippen LogP) is 4.50. The SMILES string of the molecule is c1ccc(Cc2noc(CSc3ccc4ccccc4n3)n2)cc1. The molecule has 118 valence electrons. The van der Waals surface area contributed by atoms with E-state index in [1.165, 1.54) is 5.56 Å². The van der Waals surface area contributed by atoms with Gasteiger partial charge in [-0.15, -0.1) is 0 Å². The third kappa shape index (κ3) is 3.46. The molecule has 0 atom stereocenters. The molecule has 2 aromatic carbocycles. The summed E-state index contributed by atoms with van der Waals surface area (Å²) in [6, 6.07) is 22.3. The molecule has 0 radical (unpaired) electrons. The van der Waals surface area contributed by atoms with Crippen LogP contribution in [0.2, 0.25) is 0 Å². The first-order valence-electron chi connectivity index (χ1n) is 7.71. The van der Waals surface area contributed by atoms with Crippen LogP contribution in [0.3, 0.4) is 0 Å². The molecule has 0 N–H and O–H groups in total. The Morgan fingerprint density at radius 2 is 1.67 bits per heavy atom. The Morgan fingerprint density at radius 3 is 2.58 bits per heavy atom. The molecule has 2 aromatic heterocycles. The summed E-state index contributed by atoms with van der Waals surface area (Å²) >= 11 is 1.60. The summed E-state index contributed by atoms with van der Waals surface area (Å²) < 4.78 is 5.34. The number of fused-ring (bicyclic) bond motifs is 1. The molecule has 0 spiro atoms. The fraction of sp³-hybridized carbons (Fsp3) is 0.105. The number of benzene rings is 2. The lowest BCUT2D eigenvalue weighted by Crippen LogP contribution is -1.91. The number of nitrogens with zero attached hydrogens (tertiary/aromatic N) is 3. The van der Waals surface area contributed by atoms with Crippen LogP contribution in [0.5, 0.6) is 0 Å². The Labute approximate surface area is 143 Å². The number of hydrogen-bond acceptors (Lipinski definition) is 5. The van der Waals surface area contributed by atoms with E-state index in [4.69, 9.17) is 4.52 Å². The summed E-state index contributed by atoms with van der Waals surface area (Å²) in [5.74, 6) is 1.96. The minimum atomic E-state index is 0.618. The Hall–Kier alpha value is -2.66. The van der Waals surface area contributed by atoms with Gasteiger partial charge in [0.1, 0.15) is 0 Å². The molecule has 0 amide bonds. The van der Waals surface area contributed by atoms with Gasteiger partial charge >= 0.3 is 0 Å². The van der Waals surface area contributed by atoms with Crippen molar-refractivity contribution in [3.05, 3.63) is 84.0 Å². The first kappa shape index (κ1) is 14.9. The Balaban J connectivity index is 1.42. The lowest BCUT2D eigenvalue weighted by Gasteiger charge is -2.00. The van der Waals surface area contributed by atoms with Crippen molar-refractivity contribution in [1.82, 2.24) is 15.1 Å². The second-order valence-corrected chi connectivity index (χ2v) is 6.39. The van der Waals surface area contributed by atoms with Crippen molar-refractivity contribution in [2.24, 2.45) is 0 Å². The van der Waals surface area contributed by atoms with Crippen LogP contribution in [0.25, 0.3) is 10.9 Å². The quantitative estimate of drug-likeness (QED) is 0.503. The van der Waals surface area contributed by atoms with Crippen molar-refractivity contribution in [1.29, 1.82) is 0 Å². The van der Waals surface area contributed by atoms with E-state index in [2.05, 4.69) is 39.4 Å². The van der Waals surface area contributed by atoms with Crippen LogP contribution in [-0.2, 0) is 12.2 Å². The summed E-state index contributed by atoms with van der Waals surface area (Å²) in [6.07, 6.45) is 0.684. The number of hydrogen-bond donors (Lipinski definition) is 0. The molecule has 0 saturated heterocycles. The van der Waals surface area contributed by atoms with Gasteiger partial charge in [-0.2, -0.15) is 4.98 Å². The zero-order valence-electron chi connectivity index (χ0n) is 12.9. The molecule has 0 bridgehead atoms. The van der Waals surface area contributed by atoms with E-state index in [1.807, 2.05) is 42.5 Å². The van der Waals surface area contributed by atoms with Crippen LogP contribution in [0.15, 0.2) is 76.3 Å². The molecule has 4 aromatic rings. The number of para-hydroxylation sites is 1. The van der Waals surface area contributed by atoms with Crippen molar-refractivity contribution in [2.75, 3.05) is 0 Å². The number of pyridine rings is 1. The zero-order valence-corrected chi connectivity index (χ0v) is 13.7. The van der Waals surface area contributed by atoms with Crippen molar-refractivity contribution in [3.63, 3.8) is 0 Å². The number of thioether (sulfide) groups is 1. The van der Waals surface area contributed by atoms with E-state index in [0.717, 1.165) is 15.9 Å². The molecular weight excluding hydrogens is 318 g/mol. The minimum Gasteiger partial charge on any atom is -0.338 e. The first-order valence-corrected chi connectivity index (χ1v) is 8.69. The van der Waals surface area contributed by atoms with Gasteiger partial charge in [0.2, 0.25) is 5.89 Å². The van der Waals surface area contributed by atoms with Gasteiger partial charge in [-0.3, -0.25) is 0 Å². The van der Waals surface area contributed by atoms with Gasteiger partial charge in [-0.05, 0) is 17.7 Å². The molecule has 0 unspecified atom stereocenters. The van der Waals surface area contributed by atoms with Gasteiger partial charge in [-0.25, -0.2) is 4.98 Å². The molecule has 24 heavy (non-hydrogen) atoms. The molecule has 0 fully saturated rings. The van der Waals surface area contributed by atoms with Crippen molar-refractivity contribution >= 4 is 22.7 Å². The number of aromatic nitrogens is 3. The van der Waals surface area contributed by atoms with Crippen molar-refractivity contribution in [3.8, 4) is 0 Å². The molecule has 5 heteroatoms. The van der Waals surface area contributed by atoms with Gasteiger partial charge in [-0.1, -0.05) is 71.5 Å². The maximum absolute atomic E-state index is 5.34. The second kappa shape index (κ2) is 6.84. The molecular formula is C19H15N3OS. The molecule has 4 nitrogen and oxygen atoms in total. The molecule has 4 rings (SSSR count). The van der Waals surface area contributed by atoms with E-state index in [0.29, 0.717) is 23.9 Å². The van der Waals surface area contributed by atoms with Crippen molar-refractivity contribution < 1.29 is 4.52 Å². The van der Waals surface area contributed by atoms with Gasteiger partial charge in [0.15, 0.2) is 5.82 Å². The van der Waals surface area contributed by atoms with E-state index in [1.54, 1.807) is 11.8 Å². The standard InChI is InChI=1S/C19H15N3OS/c1-2-6-14(7-3-1)12-17-21-18(23-22-17)13-24-19-11-10-15-8-4-5-9-16(15)20-19/h1-11H,12-13H2. The monoisotopic (exact) mass is 333 g/mol. The summed E-state index contributed by atoms with van der Waals surface area (Å²) in [5.41, 5.74) is 2.17. The lowest BCUT2D eigenvalue weighted by atomic mass is 10.1. The topological polar surface area (TPSA) is 51.8 Å². The fourth-order valence-corrected chi connectivity index (χ4v) is 3.18. The van der Waals surface area contributed by atoms with Crippen LogP contribution in [0.4, 0.5) is 0 Å². The summed E-state index contributed by atoms with van der Waals surface area (Å²) in [7, 11) is 0. The largest absolute Gasteiger partial charge is 0.338 e. The molecule has 0 saturated carbocycles. The Bertz CT molecular complexity index is 953. The maximum atomic E-state index is 5.34. The average molecular weight is 333 g/mol. The van der Waals surface area contributed by atoms with Crippen LogP contribution in [-0.4, -0.2) is 15.1 Å². The summed E-state index contributed by atoms with van der Waals surface area (Å²) in [4.78, 5) is 9.09. The predicted molar refractivity (Wildman–Crippen MR) is 94.9 cm³/mol. The number of rotatable bonds is 5. The van der Waals surface area contributed by atoms with Gasteiger partial charge in [0, 0.05) is 11.8 Å². The minimum absolute atomic E-state index is 0.618. The lowest BCUT2D eigenvalue weighted by molar-refractivity contribution is 0.386. The van der Waals surface area contributed by atoms with Gasteiger partial charge in [0.05, 0.1) is 16.3 Å². The zero-order chi connectivity index (χ0) is 16.2. The highest BCUT2D eigenvalue weighted by Gasteiger charge is 2.08. The fourth-order valence-electron chi connectivity index (χ4n) is 2.46. The highest BCUT2D eigenvalue weighted by Crippen LogP contribution is 2.23. The van der Waals surface area contributed by atoms with Crippen LogP contribution < -0.4 is 0 Å². The Morgan fingerprint density at radius 1 is 0.833 bits per heavy atom. The highest BCUT2D eigenvalue weighted by atomic mass is 32.2.